The Morgan fingerprint density at radius 3 is 2.75 bits per heavy atom. The first-order valence-corrected chi connectivity index (χ1v) is 6.15. The normalized spacial score (nSPS) is 15.5. The zero-order chi connectivity index (χ0) is 11.8. The first-order valence-electron chi connectivity index (χ1n) is 4.60. The summed E-state index contributed by atoms with van der Waals surface area (Å²) in [6.45, 7) is 0. The molecule has 0 bridgehead atoms. The first-order chi connectivity index (χ1) is 7.50. The van der Waals surface area contributed by atoms with Crippen molar-refractivity contribution in [2.24, 2.45) is 5.14 Å². The molecule has 1 aromatic rings. The molecule has 84 valence electrons. The number of hydrogen-bond donors (Lipinski definition) is 1. The Kier molecular flexibility index (Phi) is 2.53. The van der Waals surface area contributed by atoms with Crippen LogP contribution in [0.1, 0.15) is 18.4 Å². The third-order valence-corrected chi connectivity index (χ3v) is 2.91. The number of primary sulfonamides is 1. The highest BCUT2D eigenvalue weighted by atomic mass is 32.2. The van der Waals surface area contributed by atoms with Crippen LogP contribution >= 0.6 is 0 Å². The van der Waals surface area contributed by atoms with Gasteiger partial charge in [0.05, 0.1) is 17.9 Å². The Labute approximate surface area is 92.7 Å². The number of pyridine rings is 1. The number of nitrogens with two attached hydrogens (primary N) is 1. The van der Waals surface area contributed by atoms with Gasteiger partial charge in [-0.05, 0) is 12.8 Å². The minimum absolute atomic E-state index is 0.0966. The Hall–Kier alpha value is -1.65. The van der Waals surface area contributed by atoms with E-state index in [1.165, 1.54) is 12.3 Å². The van der Waals surface area contributed by atoms with Crippen molar-refractivity contribution in [1.29, 1.82) is 5.26 Å². The van der Waals surface area contributed by atoms with E-state index in [9.17, 15) is 8.42 Å². The van der Waals surface area contributed by atoms with Gasteiger partial charge < -0.3 is 4.74 Å². The molecule has 1 saturated carbocycles. The molecule has 0 amide bonds. The number of hydrogen-bond acceptors (Lipinski definition) is 5. The van der Waals surface area contributed by atoms with Crippen molar-refractivity contribution in [3.63, 3.8) is 0 Å². The van der Waals surface area contributed by atoms with Gasteiger partial charge in [0.15, 0.2) is 5.03 Å². The third-order valence-electron chi connectivity index (χ3n) is 2.04. The van der Waals surface area contributed by atoms with Crippen molar-refractivity contribution >= 4 is 10.0 Å². The van der Waals surface area contributed by atoms with Gasteiger partial charge in [-0.2, -0.15) is 5.26 Å². The molecule has 1 aromatic heterocycles. The van der Waals surface area contributed by atoms with Gasteiger partial charge in [-0.3, -0.25) is 0 Å². The van der Waals surface area contributed by atoms with Crippen LogP contribution in [0.4, 0.5) is 0 Å². The van der Waals surface area contributed by atoms with Gasteiger partial charge in [-0.1, -0.05) is 0 Å². The van der Waals surface area contributed by atoms with Crippen LogP contribution in [0.5, 0.6) is 5.75 Å². The van der Waals surface area contributed by atoms with E-state index in [0.29, 0.717) is 5.75 Å². The fraction of sp³-hybridized carbons (Fsp3) is 0.333. The summed E-state index contributed by atoms with van der Waals surface area (Å²) in [5.41, 5.74) is -0.0966. The van der Waals surface area contributed by atoms with Crippen LogP contribution in [0, 0.1) is 11.3 Å². The van der Waals surface area contributed by atoms with Crippen molar-refractivity contribution in [3.8, 4) is 11.8 Å². The van der Waals surface area contributed by atoms with Gasteiger partial charge in [-0.15, -0.1) is 0 Å². The second-order valence-electron chi connectivity index (χ2n) is 3.50. The highest BCUT2D eigenvalue weighted by Crippen LogP contribution is 2.27. The number of aromatic nitrogens is 1. The Morgan fingerprint density at radius 2 is 2.25 bits per heavy atom. The molecule has 1 fully saturated rings. The lowest BCUT2D eigenvalue weighted by atomic mass is 10.3. The zero-order valence-corrected chi connectivity index (χ0v) is 9.07. The average molecular weight is 239 g/mol. The molecule has 0 spiro atoms. The molecular weight excluding hydrogens is 230 g/mol. The molecule has 0 aliphatic heterocycles. The summed E-state index contributed by atoms with van der Waals surface area (Å²) in [6.07, 6.45) is 3.37. The van der Waals surface area contributed by atoms with Crippen molar-refractivity contribution < 1.29 is 13.2 Å². The zero-order valence-electron chi connectivity index (χ0n) is 8.25. The number of rotatable bonds is 3. The monoisotopic (exact) mass is 239 g/mol. The van der Waals surface area contributed by atoms with Crippen LogP contribution in [0.25, 0.3) is 0 Å². The van der Waals surface area contributed by atoms with Gasteiger partial charge in [0.25, 0.3) is 10.0 Å². The highest BCUT2D eigenvalue weighted by Gasteiger charge is 2.24. The minimum atomic E-state index is -3.96. The molecule has 1 aliphatic rings. The Balaban J connectivity index is 2.39. The van der Waals surface area contributed by atoms with Gasteiger partial charge in [0.1, 0.15) is 11.8 Å². The fourth-order valence-electron chi connectivity index (χ4n) is 1.18. The number of ether oxygens (including phenoxy) is 1. The summed E-state index contributed by atoms with van der Waals surface area (Å²) in [4.78, 5) is 3.64. The summed E-state index contributed by atoms with van der Waals surface area (Å²) in [6, 6.07) is 3.07. The van der Waals surface area contributed by atoms with Gasteiger partial charge in [0.2, 0.25) is 0 Å². The third kappa shape index (κ3) is 2.29. The van der Waals surface area contributed by atoms with E-state index in [0.717, 1.165) is 12.8 Å². The van der Waals surface area contributed by atoms with E-state index in [-0.39, 0.29) is 11.7 Å². The maximum atomic E-state index is 11.1. The van der Waals surface area contributed by atoms with Gasteiger partial charge in [-0.25, -0.2) is 18.5 Å². The smallest absolute Gasteiger partial charge is 0.256 e. The Bertz CT molecular complexity index is 558. The second kappa shape index (κ2) is 3.73. The fourth-order valence-corrected chi connectivity index (χ4v) is 1.79. The summed E-state index contributed by atoms with van der Waals surface area (Å²) in [7, 11) is -3.96. The number of sulfonamides is 1. The summed E-state index contributed by atoms with van der Waals surface area (Å²) in [5, 5.41) is 13.3. The van der Waals surface area contributed by atoms with E-state index < -0.39 is 15.0 Å². The molecule has 0 atom stereocenters. The summed E-state index contributed by atoms with van der Waals surface area (Å²) in [5.74, 6) is 0.395. The van der Waals surface area contributed by atoms with E-state index in [1.54, 1.807) is 6.07 Å². The van der Waals surface area contributed by atoms with Crippen molar-refractivity contribution in [1.82, 2.24) is 4.98 Å². The highest BCUT2D eigenvalue weighted by molar-refractivity contribution is 7.89. The second-order valence-corrected chi connectivity index (χ2v) is 4.97. The minimum Gasteiger partial charge on any atom is -0.489 e. The largest absolute Gasteiger partial charge is 0.489 e. The molecule has 1 heterocycles. The maximum Gasteiger partial charge on any atom is 0.256 e. The van der Waals surface area contributed by atoms with Crippen LogP contribution in [-0.2, 0) is 10.0 Å². The average Bonchev–Trinajstić information content (AvgIpc) is 3.00. The van der Waals surface area contributed by atoms with E-state index in [2.05, 4.69) is 4.98 Å². The van der Waals surface area contributed by atoms with Crippen molar-refractivity contribution in [3.05, 3.63) is 17.8 Å². The molecule has 6 nitrogen and oxygen atoms in total. The summed E-state index contributed by atoms with van der Waals surface area (Å²) >= 11 is 0. The van der Waals surface area contributed by atoms with Gasteiger partial charge >= 0.3 is 0 Å². The van der Waals surface area contributed by atoms with Crippen LogP contribution < -0.4 is 9.88 Å². The molecule has 2 rings (SSSR count). The van der Waals surface area contributed by atoms with Crippen LogP contribution in [0.2, 0.25) is 0 Å². The number of nitrogens with zero attached hydrogens (tertiary/aromatic N) is 2. The lowest BCUT2D eigenvalue weighted by molar-refractivity contribution is 0.301. The van der Waals surface area contributed by atoms with Crippen LogP contribution in [0.15, 0.2) is 17.3 Å². The molecule has 0 radical (unpaired) electrons. The van der Waals surface area contributed by atoms with E-state index >= 15 is 0 Å². The quantitative estimate of drug-likeness (QED) is 0.807. The van der Waals surface area contributed by atoms with Crippen LogP contribution in [0.3, 0.4) is 0 Å². The molecular formula is C9H9N3O3S. The number of nitriles is 1. The van der Waals surface area contributed by atoms with Crippen molar-refractivity contribution in [2.45, 2.75) is 24.0 Å². The van der Waals surface area contributed by atoms with Crippen molar-refractivity contribution in [2.75, 3.05) is 0 Å². The predicted molar refractivity (Wildman–Crippen MR) is 54.0 cm³/mol. The summed E-state index contributed by atoms with van der Waals surface area (Å²) < 4.78 is 27.5. The van der Waals surface area contributed by atoms with E-state index in [1.807, 2.05) is 0 Å². The molecule has 1 aliphatic carbocycles. The standard InChI is InChI=1S/C9H9N3O3S/c10-4-6-3-8(15-7-1-2-7)5-12-9(6)16(11,13)14/h3,5,7H,1-2H2,(H2,11,13,14). The van der Waals surface area contributed by atoms with E-state index in [4.69, 9.17) is 15.1 Å². The Morgan fingerprint density at radius 1 is 1.56 bits per heavy atom. The molecule has 0 aromatic carbocycles. The molecule has 2 N–H and O–H groups in total. The lowest BCUT2D eigenvalue weighted by Crippen LogP contribution is -2.15. The molecule has 0 saturated heterocycles. The molecule has 0 unspecified atom stereocenters. The predicted octanol–water partition coefficient (Wildman–Crippen LogP) is 0.142. The molecule has 7 heteroatoms. The topological polar surface area (TPSA) is 106 Å². The first kappa shape index (κ1) is 10.9. The molecule has 16 heavy (non-hydrogen) atoms. The SMILES string of the molecule is N#Cc1cc(OC2CC2)cnc1S(N)(=O)=O. The maximum absolute atomic E-state index is 11.1. The van der Waals surface area contributed by atoms with Crippen LogP contribution in [-0.4, -0.2) is 19.5 Å². The lowest BCUT2D eigenvalue weighted by Gasteiger charge is -2.05. The van der Waals surface area contributed by atoms with Gasteiger partial charge in [0, 0.05) is 6.07 Å².